The van der Waals surface area contributed by atoms with E-state index in [9.17, 15) is 22.4 Å². The highest BCUT2D eigenvalue weighted by atomic mass is 19.2. The Morgan fingerprint density at radius 2 is 1.11 bits per heavy atom. The molecule has 0 aliphatic heterocycles. The highest BCUT2D eigenvalue weighted by Gasteiger charge is 2.18. The summed E-state index contributed by atoms with van der Waals surface area (Å²) in [5.41, 5.74) is 0.271. The fraction of sp³-hybridized carbons (Fsp3) is 0.432. The lowest BCUT2D eigenvalue weighted by molar-refractivity contribution is 0.0719. The van der Waals surface area contributed by atoms with E-state index >= 15 is 0 Å². The summed E-state index contributed by atoms with van der Waals surface area (Å²) in [5, 5.41) is 0. The topological polar surface area (TPSA) is 35.5 Å². The number of hydrogen-bond donors (Lipinski definition) is 0. The van der Waals surface area contributed by atoms with Crippen molar-refractivity contribution in [2.24, 2.45) is 0 Å². The molecule has 3 rings (SSSR count). The summed E-state index contributed by atoms with van der Waals surface area (Å²) in [6.45, 7) is 2.90. The minimum absolute atomic E-state index is 0.0331. The van der Waals surface area contributed by atoms with Gasteiger partial charge < -0.3 is 9.47 Å². The van der Waals surface area contributed by atoms with E-state index in [2.05, 4.69) is 18.8 Å². The van der Waals surface area contributed by atoms with Crippen LogP contribution in [0, 0.1) is 35.1 Å². The maximum atomic E-state index is 14.5. The number of benzene rings is 3. The van der Waals surface area contributed by atoms with Gasteiger partial charge in [-0.3, -0.25) is 0 Å². The summed E-state index contributed by atoms with van der Waals surface area (Å²) >= 11 is 0. The van der Waals surface area contributed by atoms with E-state index in [0.717, 1.165) is 42.9 Å². The summed E-state index contributed by atoms with van der Waals surface area (Å²) in [5.74, 6) is -0.683. The van der Waals surface area contributed by atoms with E-state index in [4.69, 9.17) is 9.47 Å². The standard InChI is InChI=1S/C37H42F4O3/c1-2-3-4-5-6-7-8-9-10-11-12-13-14-15-24-43-31-21-18-28(19-22-31)16-17-29-25-34(40)36(35(41)26-29)44-37(42)30-20-23-32(38)33(39)27-30/h18-23,25-27H,2-15,24H2,1H3. The number of esters is 1. The lowest BCUT2D eigenvalue weighted by Gasteiger charge is -2.07. The second-order valence-corrected chi connectivity index (χ2v) is 11.0. The van der Waals surface area contributed by atoms with Crippen LogP contribution in [0.15, 0.2) is 54.6 Å². The zero-order valence-corrected chi connectivity index (χ0v) is 25.5. The number of unbranched alkanes of at least 4 members (excludes halogenated alkanes) is 13. The van der Waals surface area contributed by atoms with Gasteiger partial charge >= 0.3 is 5.97 Å². The molecule has 3 aromatic carbocycles. The molecule has 7 heteroatoms. The van der Waals surface area contributed by atoms with Crippen molar-refractivity contribution in [1.29, 1.82) is 0 Å². The first-order valence-electron chi connectivity index (χ1n) is 15.8. The molecule has 3 nitrogen and oxygen atoms in total. The lowest BCUT2D eigenvalue weighted by atomic mass is 10.0. The molecule has 3 aromatic rings. The molecule has 0 N–H and O–H groups in total. The predicted molar refractivity (Wildman–Crippen MR) is 166 cm³/mol. The van der Waals surface area contributed by atoms with E-state index in [0.29, 0.717) is 18.2 Å². The molecule has 0 saturated heterocycles. The van der Waals surface area contributed by atoms with E-state index < -0.39 is 40.6 Å². The summed E-state index contributed by atoms with van der Waals surface area (Å²) < 4.78 is 66.0. The highest BCUT2D eigenvalue weighted by molar-refractivity contribution is 5.91. The molecular weight excluding hydrogens is 568 g/mol. The second-order valence-electron chi connectivity index (χ2n) is 11.0. The van der Waals surface area contributed by atoms with Crippen molar-refractivity contribution in [2.45, 2.75) is 96.8 Å². The van der Waals surface area contributed by atoms with Gasteiger partial charge in [0.25, 0.3) is 0 Å². The highest BCUT2D eigenvalue weighted by Crippen LogP contribution is 2.25. The van der Waals surface area contributed by atoms with Crippen molar-refractivity contribution < 1.29 is 31.8 Å². The molecule has 236 valence electrons. The van der Waals surface area contributed by atoms with Crippen LogP contribution in [0.1, 0.15) is 118 Å². The Morgan fingerprint density at radius 3 is 1.66 bits per heavy atom. The molecule has 0 saturated carbocycles. The monoisotopic (exact) mass is 610 g/mol. The van der Waals surface area contributed by atoms with Crippen LogP contribution in [0.25, 0.3) is 0 Å². The number of halogens is 4. The first-order chi connectivity index (χ1) is 21.4. The SMILES string of the molecule is CCCCCCCCCCCCCCCCOc1ccc(C#Cc2cc(F)c(OC(=O)c3ccc(F)c(F)c3)c(F)c2)cc1. The Kier molecular flexibility index (Phi) is 15.4. The van der Waals surface area contributed by atoms with Gasteiger partial charge in [0.1, 0.15) is 5.75 Å². The van der Waals surface area contributed by atoms with Gasteiger partial charge in [-0.25, -0.2) is 22.4 Å². The first-order valence-corrected chi connectivity index (χ1v) is 15.8. The minimum atomic E-state index is -1.28. The average molecular weight is 611 g/mol. The third-order valence-corrected chi connectivity index (χ3v) is 7.32. The van der Waals surface area contributed by atoms with Gasteiger partial charge in [0.05, 0.1) is 12.2 Å². The van der Waals surface area contributed by atoms with Gasteiger partial charge in [-0.05, 0) is 61.0 Å². The molecule has 0 spiro atoms. The molecule has 0 amide bonds. The average Bonchev–Trinajstić information content (AvgIpc) is 3.01. The maximum Gasteiger partial charge on any atom is 0.343 e. The van der Waals surface area contributed by atoms with Crippen molar-refractivity contribution in [1.82, 2.24) is 0 Å². The van der Waals surface area contributed by atoms with Gasteiger partial charge in [0.15, 0.2) is 23.3 Å². The minimum Gasteiger partial charge on any atom is -0.494 e. The summed E-state index contributed by atoms with van der Waals surface area (Å²) in [7, 11) is 0. The van der Waals surface area contributed by atoms with Crippen LogP contribution < -0.4 is 9.47 Å². The largest absolute Gasteiger partial charge is 0.494 e. The Labute approximate surface area is 259 Å². The normalized spacial score (nSPS) is 10.8. The molecule has 0 unspecified atom stereocenters. The molecule has 0 atom stereocenters. The Hall–Kier alpha value is -3.79. The van der Waals surface area contributed by atoms with Crippen LogP contribution in [-0.2, 0) is 0 Å². The fourth-order valence-electron chi connectivity index (χ4n) is 4.77. The number of carbonyl (C=O) groups is 1. The fourth-order valence-corrected chi connectivity index (χ4v) is 4.77. The van der Waals surface area contributed by atoms with Gasteiger partial charge in [-0.2, -0.15) is 0 Å². The second kappa shape index (κ2) is 19.5. The van der Waals surface area contributed by atoms with Crippen molar-refractivity contribution in [2.75, 3.05) is 6.61 Å². The lowest BCUT2D eigenvalue weighted by Crippen LogP contribution is -2.11. The zero-order chi connectivity index (χ0) is 31.6. The summed E-state index contributed by atoms with van der Waals surface area (Å²) in [4.78, 5) is 12.1. The number of ether oxygens (including phenoxy) is 2. The molecule has 0 aliphatic rings. The number of hydrogen-bond acceptors (Lipinski definition) is 3. The van der Waals surface area contributed by atoms with Crippen LogP contribution in [0.4, 0.5) is 17.6 Å². The predicted octanol–water partition coefficient (Wildman–Crippen LogP) is 10.7. The van der Waals surface area contributed by atoms with Gasteiger partial charge in [-0.1, -0.05) is 102 Å². The van der Waals surface area contributed by atoms with E-state index in [1.807, 2.05) is 0 Å². The molecule has 0 heterocycles. The van der Waals surface area contributed by atoms with Crippen LogP contribution in [0.3, 0.4) is 0 Å². The molecule has 0 aliphatic carbocycles. The molecule has 0 aromatic heterocycles. The summed E-state index contributed by atoms with van der Waals surface area (Å²) in [6.07, 6.45) is 18.3. The Bertz CT molecular complexity index is 1350. The molecular formula is C37H42F4O3. The zero-order valence-electron chi connectivity index (χ0n) is 25.5. The van der Waals surface area contributed by atoms with Crippen molar-refractivity contribution >= 4 is 5.97 Å². The maximum absolute atomic E-state index is 14.5. The van der Waals surface area contributed by atoms with Crippen LogP contribution in [0.5, 0.6) is 11.5 Å². The molecule has 0 fully saturated rings. The van der Waals surface area contributed by atoms with E-state index in [-0.39, 0.29) is 5.56 Å². The molecule has 0 radical (unpaired) electrons. The first kappa shape index (κ1) is 34.7. The van der Waals surface area contributed by atoms with Gasteiger partial charge in [-0.15, -0.1) is 0 Å². The van der Waals surface area contributed by atoms with Crippen LogP contribution in [0.2, 0.25) is 0 Å². The Balaban J connectivity index is 1.33. The number of rotatable bonds is 18. The summed E-state index contributed by atoms with van der Waals surface area (Å²) in [6, 6.07) is 11.2. The van der Waals surface area contributed by atoms with Crippen LogP contribution in [-0.4, -0.2) is 12.6 Å². The van der Waals surface area contributed by atoms with Crippen molar-refractivity contribution in [3.8, 4) is 23.3 Å². The quantitative estimate of drug-likeness (QED) is 0.0473. The van der Waals surface area contributed by atoms with Gasteiger partial charge in [0.2, 0.25) is 5.75 Å². The Morgan fingerprint density at radius 1 is 0.591 bits per heavy atom. The van der Waals surface area contributed by atoms with Crippen molar-refractivity contribution in [3.05, 3.63) is 94.6 Å². The molecule has 0 bridgehead atoms. The third kappa shape index (κ3) is 12.4. The van der Waals surface area contributed by atoms with E-state index in [1.165, 1.54) is 77.0 Å². The van der Waals surface area contributed by atoms with Crippen molar-refractivity contribution in [3.63, 3.8) is 0 Å². The molecule has 44 heavy (non-hydrogen) atoms. The number of carbonyl (C=O) groups excluding carboxylic acids is 1. The van der Waals surface area contributed by atoms with E-state index in [1.54, 1.807) is 24.3 Å². The van der Waals surface area contributed by atoms with Gasteiger partial charge in [0, 0.05) is 11.1 Å². The smallest absolute Gasteiger partial charge is 0.343 e. The van der Waals surface area contributed by atoms with Crippen LogP contribution >= 0.6 is 0 Å². The third-order valence-electron chi connectivity index (χ3n) is 7.32.